The van der Waals surface area contributed by atoms with E-state index in [1.807, 2.05) is 28.9 Å². The molecule has 7 heteroatoms. The zero-order chi connectivity index (χ0) is 22.9. The highest BCUT2D eigenvalue weighted by Crippen LogP contribution is 2.32. The van der Waals surface area contributed by atoms with Crippen LogP contribution in [0, 0.1) is 0 Å². The zero-order valence-corrected chi connectivity index (χ0v) is 19.2. The van der Waals surface area contributed by atoms with Crippen LogP contribution < -0.4 is 10.6 Å². The van der Waals surface area contributed by atoms with E-state index in [2.05, 4.69) is 33.8 Å². The van der Waals surface area contributed by atoms with Crippen molar-refractivity contribution in [2.45, 2.75) is 63.5 Å². The van der Waals surface area contributed by atoms with Crippen molar-refractivity contribution >= 4 is 17.3 Å². The van der Waals surface area contributed by atoms with E-state index >= 15 is 0 Å². The molecule has 0 aliphatic heterocycles. The minimum atomic E-state index is 0.250. The fourth-order valence-electron chi connectivity index (χ4n) is 5.28. The largest absolute Gasteiger partial charge is 0.508 e. The summed E-state index contributed by atoms with van der Waals surface area (Å²) in [4.78, 5) is 9.34. The second kappa shape index (κ2) is 8.97. The normalized spacial score (nSPS) is 16.9. The summed E-state index contributed by atoms with van der Waals surface area (Å²) in [6.45, 7) is 0. The van der Waals surface area contributed by atoms with E-state index in [0.29, 0.717) is 18.0 Å². The molecule has 34 heavy (non-hydrogen) atoms. The molecule has 3 aromatic heterocycles. The molecule has 0 saturated heterocycles. The van der Waals surface area contributed by atoms with E-state index in [-0.39, 0.29) is 5.75 Å². The molecule has 2 fully saturated rings. The van der Waals surface area contributed by atoms with Crippen LogP contribution >= 0.6 is 0 Å². The van der Waals surface area contributed by atoms with E-state index in [1.54, 1.807) is 12.1 Å². The molecule has 0 bridgehead atoms. The second-order valence-electron chi connectivity index (χ2n) is 9.52. The van der Waals surface area contributed by atoms with Crippen molar-refractivity contribution in [3.05, 3.63) is 54.7 Å². The Morgan fingerprint density at radius 2 is 1.50 bits per heavy atom. The van der Waals surface area contributed by atoms with E-state index in [0.717, 1.165) is 33.8 Å². The van der Waals surface area contributed by atoms with Crippen molar-refractivity contribution in [2.75, 3.05) is 10.6 Å². The lowest BCUT2D eigenvalue weighted by Gasteiger charge is -2.16. The van der Waals surface area contributed by atoms with Crippen LogP contribution in [0.15, 0.2) is 54.7 Å². The third kappa shape index (κ3) is 4.18. The number of rotatable bonds is 6. The lowest BCUT2D eigenvalue weighted by Crippen LogP contribution is -2.17. The summed E-state index contributed by atoms with van der Waals surface area (Å²) in [7, 11) is 0. The van der Waals surface area contributed by atoms with Crippen LogP contribution in [0.25, 0.3) is 28.0 Å². The molecule has 0 amide bonds. The van der Waals surface area contributed by atoms with Gasteiger partial charge in [-0.25, -0.2) is 14.5 Å². The van der Waals surface area contributed by atoms with Gasteiger partial charge in [-0.3, -0.25) is 0 Å². The van der Waals surface area contributed by atoms with Crippen LogP contribution in [0.2, 0.25) is 0 Å². The molecule has 4 aromatic rings. The van der Waals surface area contributed by atoms with Gasteiger partial charge in [0.15, 0.2) is 0 Å². The Labute approximate surface area is 199 Å². The number of anilines is 2. The molecule has 2 aliphatic carbocycles. The molecule has 0 unspecified atom stereocenters. The van der Waals surface area contributed by atoms with Crippen molar-refractivity contribution in [1.82, 2.24) is 19.6 Å². The van der Waals surface area contributed by atoms with Gasteiger partial charge in [0.1, 0.15) is 11.6 Å². The van der Waals surface area contributed by atoms with Crippen molar-refractivity contribution in [3.8, 4) is 28.3 Å². The first kappa shape index (κ1) is 21.0. The van der Waals surface area contributed by atoms with Gasteiger partial charge in [0.05, 0.1) is 16.9 Å². The average Bonchev–Trinajstić information content (AvgIpc) is 3.62. The molecule has 1 aromatic carbocycles. The van der Waals surface area contributed by atoms with Gasteiger partial charge in [0.25, 0.3) is 0 Å². The Hall–Kier alpha value is -3.61. The van der Waals surface area contributed by atoms with Gasteiger partial charge in [-0.15, -0.1) is 0 Å². The van der Waals surface area contributed by atoms with Crippen molar-refractivity contribution in [1.29, 1.82) is 0 Å². The minimum absolute atomic E-state index is 0.250. The van der Waals surface area contributed by atoms with Gasteiger partial charge >= 0.3 is 0 Å². The fourth-order valence-corrected chi connectivity index (χ4v) is 5.28. The van der Waals surface area contributed by atoms with Gasteiger partial charge in [0.2, 0.25) is 5.95 Å². The van der Waals surface area contributed by atoms with Gasteiger partial charge in [-0.05, 0) is 74.2 Å². The number of nitrogens with one attached hydrogen (secondary N) is 2. The topological polar surface area (TPSA) is 87.4 Å². The minimum Gasteiger partial charge on any atom is -0.508 e. The summed E-state index contributed by atoms with van der Waals surface area (Å²) in [5, 5.41) is 21.9. The summed E-state index contributed by atoms with van der Waals surface area (Å²) >= 11 is 0. The highest BCUT2D eigenvalue weighted by Gasteiger charge is 2.20. The number of hydrogen-bond acceptors (Lipinski definition) is 6. The molecule has 2 aliphatic rings. The van der Waals surface area contributed by atoms with E-state index in [1.165, 1.54) is 51.4 Å². The number of aromatic nitrogens is 4. The molecular formula is C27H30N6O. The van der Waals surface area contributed by atoms with E-state index in [9.17, 15) is 5.11 Å². The van der Waals surface area contributed by atoms with Crippen LogP contribution in [-0.2, 0) is 0 Å². The Bertz CT molecular complexity index is 1290. The summed E-state index contributed by atoms with van der Waals surface area (Å²) in [5.74, 6) is 1.93. The van der Waals surface area contributed by atoms with Crippen molar-refractivity contribution in [3.63, 3.8) is 0 Å². The van der Waals surface area contributed by atoms with Gasteiger partial charge in [-0.1, -0.05) is 25.7 Å². The quantitative estimate of drug-likeness (QED) is 0.338. The molecule has 2 saturated carbocycles. The predicted octanol–water partition coefficient (Wildman–Crippen LogP) is 5.87. The number of fused-ring (bicyclic) bond motifs is 1. The zero-order valence-electron chi connectivity index (χ0n) is 19.2. The third-order valence-electron chi connectivity index (χ3n) is 7.11. The maximum Gasteiger partial charge on any atom is 0.223 e. The number of benzene rings is 1. The molecular weight excluding hydrogens is 424 g/mol. The Morgan fingerprint density at radius 3 is 2.24 bits per heavy atom. The molecule has 7 nitrogen and oxygen atoms in total. The Morgan fingerprint density at radius 1 is 0.794 bits per heavy atom. The number of phenolic OH excluding ortho intramolecular Hbond substituents is 1. The van der Waals surface area contributed by atoms with Crippen LogP contribution in [-0.4, -0.2) is 36.8 Å². The summed E-state index contributed by atoms with van der Waals surface area (Å²) in [5.41, 5.74) is 4.72. The Balaban J connectivity index is 1.42. The molecule has 174 valence electrons. The number of pyridine rings is 1. The number of hydrogen-bond donors (Lipinski definition) is 3. The average molecular weight is 455 g/mol. The smallest absolute Gasteiger partial charge is 0.223 e. The highest BCUT2D eigenvalue weighted by atomic mass is 16.3. The van der Waals surface area contributed by atoms with E-state index in [4.69, 9.17) is 10.1 Å². The SMILES string of the molecule is Oc1ccc(-c2cc3c(-c4ccnc(NC5CCCC5)n4)ccc(NC4CCCC4)n3n2)cc1. The molecule has 3 heterocycles. The summed E-state index contributed by atoms with van der Waals surface area (Å²) < 4.78 is 2.00. The summed E-state index contributed by atoms with van der Waals surface area (Å²) in [6.07, 6.45) is 11.7. The number of nitrogens with zero attached hydrogens (tertiary/aromatic N) is 4. The molecule has 0 radical (unpaired) electrons. The lowest BCUT2D eigenvalue weighted by atomic mass is 10.1. The third-order valence-corrected chi connectivity index (χ3v) is 7.11. The van der Waals surface area contributed by atoms with Crippen LogP contribution in [0.5, 0.6) is 5.75 Å². The summed E-state index contributed by atoms with van der Waals surface area (Å²) in [6, 6.07) is 16.5. The first-order chi connectivity index (χ1) is 16.7. The second-order valence-corrected chi connectivity index (χ2v) is 9.52. The predicted molar refractivity (Wildman–Crippen MR) is 135 cm³/mol. The first-order valence-electron chi connectivity index (χ1n) is 12.4. The highest BCUT2D eigenvalue weighted by molar-refractivity contribution is 5.83. The van der Waals surface area contributed by atoms with E-state index < -0.39 is 0 Å². The standard InChI is InChI=1S/C27H30N6O/c34-21-11-9-18(10-12-21)24-17-25-22(13-14-26(33(25)32-24)29-19-5-1-2-6-19)23-15-16-28-27(31-23)30-20-7-3-4-8-20/h9-17,19-20,29,34H,1-8H2,(H,28,30,31). The molecule has 0 atom stereocenters. The van der Waals surface area contributed by atoms with Crippen LogP contribution in [0.3, 0.4) is 0 Å². The van der Waals surface area contributed by atoms with Crippen LogP contribution in [0.4, 0.5) is 11.8 Å². The van der Waals surface area contributed by atoms with Crippen LogP contribution in [0.1, 0.15) is 51.4 Å². The lowest BCUT2D eigenvalue weighted by molar-refractivity contribution is 0.475. The molecule has 3 N–H and O–H groups in total. The number of phenols is 1. The monoisotopic (exact) mass is 454 g/mol. The van der Waals surface area contributed by atoms with Gasteiger partial charge < -0.3 is 15.7 Å². The first-order valence-corrected chi connectivity index (χ1v) is 12.4. The maximum absolute atomic E-state index is 9.71. The van der Waals surface area contributed by atoms with Crippen molar-refractivity contribution < 1.29 is 5.11 Å². The van der Waals surface area contributed by atoms with Gasteiger partial charge in [-0.2, -0.15) is 5.10 Å². The Kier molecular flexibility index (Phi) is 5.53. The number of aromatic hydroxyl groups is 1. The fraction of sp³-hybridized carbons (Fsp3) is 0.370. The molecule has 0 spiro atoms. The van der Waals surface area contributed by atoms with Gasteiger partial charge in [0, 0.05) is 29.4 Å². The molecule has 6 rings (SSSR count). The van der Waals surface area contributed by atoms with Crippen molar-refractivity contribution in [2.24, 2.45) is 0 Å². The maximum atomic E-state index is 9.71.